The van der Waals surface area contributed by atoms with Crippen molar-refractivity contribution in [1.29, 1.82) is 0 Å². The summed E-state index contributed by atoms with van der Waals surface area (Å²) >= 11 is 0. The lowest BCUT2D eigenvalue weighted by Gasteiger charge is -2.12. The van der Waals surface area contributed by atoms with Gasteiger partial charge in [-0.2, -0.15) is 0 Å². The van der Waals surface area contributed by atoms with Crippen LogP contribution in [0, 0.1) is 0 Å². The lowest BCUT2D eigenvalue weighted by Crippen LogP contribution is -2.03. The van der Waals surface area contributed by atoms with Crippen LogP contribution in [0.4, 0.5) is 0 Å². The summed E-state index contributed by atoms with van der Waals surface area (Å²) < 4.78 is 9.18. The second-order valence-corrected chi connectivity index (χ2v) is 13.3. The molecule has 11 rings (SSSR count). The Kier molecular flexibility index (Phi) is 6.22. The number of aromatic nitrogens is 3. The van der Waals surface area contributed by atoms with Crippen molar-refractivity contribution < 1.29 is 4.42 Å². The van der Waals surface area contributed by atoms with Gasteiger partial charge in [0.25, 0.3) is 0 Å². The summed E-state index contributed by atoms with van der Waals surface area (Å²) in [5.74, 6) is 0.624. The van der Waals surface area contributed by atoms with E-state index < -0.39 is 0 Å². The van der Waals surface area contributed by atoms with Crippen molar-refractivity contribution >= 4 is 65.4 Å². The minimum absolute atomic E-state index is 0.624. The van der Waals surface area contributed by atoms with Crippen LogP contribution in [-0.4, -0.2) is 14.5 Å². The molecule has 0 spiro atoms. The van der Waals surface area contributed by atoms with Crippen LogP contribution in [0.3, 0.4) is 0 Å². The van der Waals surface area contributed by atoms with E-state index in [-0.39, 0.29) is 0 Å². The highest BCUT2D eigenvalue weighted by atomic mass is 16.3. The summed E-state index contributed by atoms with van der Waals surface area (Å²) in [4.78, 5) is 10.5. The monoisotopic (exact) mass is 663 g/mol. The molecule has 0 saturated carbocycles. The zero-order chi connectivity index (χ0) is 34.2. The molecular formula is C48H29N3O. The van der Waals surface area contributed by atoms with Crippen LogP contribution in [0.25, 0.3) is 105 Å². The molecule has 3 aromatic heterocycles. The zero-order valence-electron chi connectivity index (χ0n) is 28.0. The summed E-state index contributed by atoms with van der Waals surface area (Å²) in [5, 5.41) is 7.64. The Morgan fingerprint density at radius 3 is 1.77 bits per heavy atom. The molecule has 0 saturated heterocycles. The lowest BCUT2D eigenvalue weighted by atomic mass is 9.95. The number of hydrogen-bond donors (Lipinski definition) is 0. The van der Waals surface area contributed by atoms with E-state index in [1.807, 2.05) is 12.1 Å². The van der Waals surface area contributed by atoms with Gasteiger partial charge in [0, 0.05) is 32.5 Å². The maximum Gasteiger partial charge on any atom is 0.235 e. The standard InChI is InChI=1S/C48H29N3O/c1-3-13-30(14-4-1)31-23-25-33(26-24-31)45-37-19-9-11-21-41(37)49-48(50-45)51-42-22-12-10-20-38(42)44-43(51)28-27-36-40-29-39(32-15-5-2-6-16-32)34-17-7-8-18-35(34)46(40)52-47(36)44/h1-29H. The number of nitrogens with zero attached hydrogens (tertiary/aromatic N) is 3. The number of para-hydroxylation sites is 2. The van der Waals surface area contributed by atoms with Crippen molar-refractivity contribution in [2.75, 3.05) is 0 Å². The van der Waals surface area contributed by atoms with Crippen LogP contribution >= 0.6 is 0 Å². The number of furan rings is 1. The van der Waals surface area contributed by atoms with Crippen molar-refractivity contribution in [1.82, 2.24) is 14.5 Å². The van der Waals surface area contributed by atoms with E-state index in [2.05, 4.69) is 168 Å². The first-order valence-corrected chi connectivity index (χ1v) is 17.6. The molecule has 0 aliphatic carbocycles. The van der Waals surface area contributed by atoms with E-state index in [4.69, 9.17) is 14.4 Å². The van der Waals surface area contributed by atoms with Crippen molar-refractivity contribution in [3.8, 4) is 39.5 Å². The van der Waals surface area contributed by atoms with Gasteiger partial charge < -0.3 is 4.42 Å². The van der Waals surface area contributed by atoms with Gasteiger partial charge in [-0.25, -0.2) is 9.97 Å². The number of rotatable bonds is 4. The van der Waals surface area contributed by atoms with Gasteiger partial charge in [-0.3, -0.25) is 4.57 Å². The number of fused-ring (bicyclic) bond motifs is 10. The molecule has 242 valence electrons. The molecule has 0 unspecified atom stereocenters. The maximum atomic E-state index is 6.98. The van der Waals surface area contributed by atoms with E-state index in [1.165, 1.54) is 27.6 Å². The van der Waals surface area contributed by atoms with Gasteiger partial charge in [-0.05, 0) is 58.0 Å². The largest absolute Gasteiger partial charge is 0.455 e. The number of hydrogen-bond acceptors (Lipinski definition) is 3. The minimum atomic E-state index is 0.624. The van der Waals surface area contributed by atoms with Gasteiger partial charge in [0.1, 0.15) is 11.2 Å². The van der Waals surface area contributed by atoms with E-state index in [0.29, 0.717) is 5.95 Å². The normalized spacial score (nSPS) is 11.8. The van der Waals surface area contributed by atoms with Gasteiger partial charge in [-0.15, -0.1) is 0 Å². The third-order valence-corrected chi connectivity index (χ3v) is 10.4. The Labute approximate surface area is 298 Å². The van der Waals surface area contributed by atoms with E-state index >= 15 is 0 Å². The molecule has 0 aliphatic rings. The highest BCUT2D eigenvalue weighted by Crippen LogP contribution is 2.44. The lowest BCUT2D eigenvalue weighted by molar-refractivity contribution is 0.676. The fourth-order valence-corrected chi connectivity index (χ4v) is 8.02. The molecular weight excluding hydrogens is 635 g/mol. The maximum absolute atomic E-state index is 6.98. The third kappa shape index (κ3) is 4.28. The fraction of sp³-hybridized carbons (Fsp3) is 0. The van der Waals surface area contributed by atoms with Gasteiger partial charge >= 0.3 is 0 Å². The average Bonchev–Trinajstić information content (AvgIpc) is 3.77. The molecule has 11 aromatic rings. The summed E-state index contributed by atoms with van der Waals surface area (Å²) in [6.45, 7) is 0. The van der Waals surface area contributed by atoms with Crippen LogP contribution in [0.5, 0.6) is 0 Å². The fourth-order valence-electron chi connectivity index (χ4n) is 8.02. The van der Waals surface area contributed by atoms with Crippen molar-refractivity contribution in [2.45, 2.75) is 0 Å². The van der Waals surface area contributed by atoms with Crippen LogP contribution < -0.4 is 0 Å². The molecule has 0 bridgehead atoms. The van der Waals surface area contributed by atoms with Crippen molar-refractivity contribution in [3.63, 3.8) is 0 Å². The first kappa shape index (κ1) is 28.8. The van der Waals surface area contributed by atoms with Gasteiger partial charge in [-0.1, -0.05) is 146 Å². The molecule has 52 heavy (non-hydrogen) atoms. The molecule has 0 atom stereocenters. The topological polar surface area (TPSA) is 43.9 Å². The van der Waals surface area contributed by atoms with Crippen LogP contribution in [0.15, 0.2) is 180 Å². The zero-order valence-corrected chi connectivity index (χ0v) is 28.0. The summed E-state index contributed by atoms with van der Waals surface area (Å²) in [6, 6.07) is 61.8. The van der Waals surface area contributed by atoms with Gasteiger partial charge in [0.05, 0.1) is 27.6 Å². The average molecular weight is 664 g/mol. The van der Waals surface area contributed by atoms with E-state index in [1.54, 1.807) is 0 Å². The molecule has 0 N–H and O–H groups in total. The Balaban J connectivity index is 1.17. The molecule has 0 radical (unpaired) electrons. The first-order valence-electron chi connectivity index (χ1n) is 17.6. The smallest absolute Gasteiger partial charge is 0.235 e. The van der Waals surface area contributed by atoms with Crippen molar-refractivity contribution in [3.05, 3.63) is 176 Å². The van der Waals surface area contributed by atoms with Crippen LogP contribution in [-0.2, 0) is 0 Å². The Morgan fingerprint density at radius 2 is 0.981 bits per heavy atom. The Bertz CT molecular complexity index is 3160. The van der Waals surface area contributed by atoms with Crippen LogP contribution in [0.1, 0.15) is 0 Å². The Morgan fingerprint density at radius 1 is 0.385 bits per heavy atom. The minimum Gasteiger partial charge on any atom is -0.455 e. The predicted octanol–water partition coefficient (Wildman–Crippen LogP) is 12.8. The van der Waals surface area contributed by atoms with Gasteiger partial charge in [0.2, 0.25) is 5.95 Å². The number of benzene rings is 8. The quantitative estimate of drug-likeness (QED) is 0.188. The molecule has 4 heteroatoms. The first-order chi connectivity index (χ1) is 25.8. The molecule has 0 fully saturated rings. The summed E-state index contributed by atoms with van der Waals surface area (Å²) in [6.07, 6.45) is 0. The second-order valence-electron chi connectivity index (χ2n) is 13.3. The van der Waals surface area contributed by atoms with Crippen molar-refractivity contribution in [2.24, 2.45) is 0 Å². The Hall–Kier alpha value is -7.04. The van der Waals surface area contributed by atoms with E-state index in [9.17, 15) is 0 Å². The molecule has 3 heterocycles. The van der Waals surface area contributed by atoms with Gasteiger partial charge in [0.15, 0.2) is 0 Å². The predicted molar refractivity (Wildman–Crippen MR) is 215 cm³/mol. The SMILES string of the molecule is c1ccc(-c2ccc(-c3nc(-n4c5ccccc5c5c6oc7c8ccccc8c(-c8ccccc8)cc7c6ccc54)nc4ccccc34)cc2)cc1. The van der Waals surface area contributed by atoms with Crippen LogP contribution in [0.2, 0.25) is 0 Å². The third-order valence-electron chi connectivity index (χ3n) is 10.4. The summed E-state index contributed by atoms with van der Waals surface area (Å²) in [5.41, 5.74) is 11.4. The molecule has 8 aromatic carbocycles. The van der Waals surface area contributed by atoms with E-state index in [0.717, 1.165) is 71.3 Å². The molecule has 0 aliphatic heterocycles. The highest BCUT2D eigenvalue weighted by Gasteiger charge is 2.22. The highest BCUT2D eigenvalue weighted by molar-refractivity contribution is 6.27. The molecule has 4 nitrogen and oxygen atoms in total. The second kappa shape index (κ2) is 11.2. The summed E-state index contributed by atoms with van der Waals surface area (Å²) in [7, 11) is 0. The molecule has 0 amide bonds.